The van der Waals surface area contributed by atoms with Gasteiger partial charge in [-0.2, -0.15) is 5.06 Å². The van der Waals surface area contributed by atoms with Gasteiger partial charge in [0.25, 0.3) is 5.91 Å². The molecule has 1 fully saturated rings. The highest BCUT2D eigenvalue weighted by Crippen LogP contribution is 2.38. The average Bonchev–Trinajstić information content (AvgIpc) is 2.69. The highest BCUT2D eigenvalue weighted by atomic mass is 16.5. The van der Waals surface area contributed by atoms with Gasteiger partial charge in [0.1, 0.15) is 0 Å². The second kappa shape index (κ2) is 6.40. The van der Waals surface area contributed by atoms with E-state index >= 15 is 0 Å². The molecule has 0 radical (unpaired) electrons. The highest BCUT2D eigenvalue weighted by Gasteiger charge is 2.45. The Morgan fingerprint density at radius 2 is 1.40 bits per heavy atom. The normalized spacial score (nSPS) is 19.6. The van der Waals surface area contributed by atoms with Crippen molar-refractivity contribution in [2.75, 3.05) is 0 Å². The standard InChI is InChI=1S/C26H28N2O2/c1-25(2)14-19(15-26(3,4)28(25)30)27-24(29)21-13-11-18-9-8-16-6-5-7-17-10-12-20(21)23(18)22(16)17/h5-13,19,30H,14-15H2,1-4H3,(H,27,29). The number of piperidine rings is 1. The number of nitrogens with zero attached hydrogens (tertiary/aromatic N) is 1. The van der Waals surface area contributed by atoms with Crippen LogP contribution in [-0.4, -0.2) is 33.3 Å². The van der Waals surface area contributed by atoms with E-state index in [1.165, 1.54) is 21.2 Å². The summed E-state index contributed by atoms with van der Waals surface area (Å²) in [5, 5.41) is 22.2. The minimum Gasteiger partial charge on any atom is -0.349 e. The van der Waals surface area contributed by atoms with E-state index in [-0.39, 0.29) is 11.9 Å². The van der Waals surface area contributed by atoms with Crippen molar-refractivity contribution in [2.24, 2.45) is 0 Å². The molecule has 0 unspecified atom stereocenters. The monoisotopic (exact) mass is 400 g/mol. The second-order valence-electron chi connectivity index (χ2n) is 9.98. The van der Waals surface area contributed by atoms with E-state index in [4.69, 9.17) is 0 Å². The zero-order valence-electron chi connectivity index (χ0n) is 18.0. The maximum atomic E-state index is 13.4. The molecule has 4 aromatic carbocycles. The first-order chi connectivity index (χ1) is 14.2. The number of carbonyl (C=O) groups excluding carboxylic acids is 1. The van der Waals surface area contributed by atoms with Crippen LogP contribution in [0.15, 0.2) is 54.6 Å². The predicted molar refractivity (Wildman–Crippen MR) is 122 cm³/mol. The molecule has 4 nitrogen and oxygen atoms in total. The van der Waals surface area contributed by atoms with Gasteiger partial charge in [0.2, 0.25) is 0 Å². The lowest BCUT2D eigenvalue weighted by atomic mass is 9.79. The van der Waals surface area contributed by atoms with E-state index in [9.17, 15) is 10.0 Å². The SMILES string of the molecule is CC1(C)CC(NC(=O)c2ccc3ccc4cccc5ccc2c3c45)CC(C)(C)N1O. The van der Waals surface area contributed by atoms with Crippen LogP contribution in [0.3, 0.4) is 0 Å². The smallest absolute Gasteiger partial charge is 0.252 e. The summed E-state index contributed by atoms with van der Waals surface area (Å²) in [5.74, 6) is -0.0454. The van der Waals surface area contributed by atoms with E-state index in [0.29, 0.717) is 18.4 Å². The Bertz CT molecular complexity index is 1240. The minimum atomic E-state index is -0.400. The number of carbonyl (C=O) groups is 1. The Kier molecular flexibility index (Phi) is 4.12. The van der Waals surface area contributed by atoms with E-state index in [0.717, 1.165) is 16.2 Å². The molecule has 0 aliphatic carbocycles. The van der Waals surface area contributed by atoms with Gasteiger partial charge in [0, 0.05) is 22.7 Å². The summed E-state index contributed by atoms with van der Waals surface area (Å²) < 4.78 is 0. The van der Waals surface area contributed by atoms with Crippen LogP contribution < -0.4 is 5.32 Å². The third-order valence-electron chi connectivity index (χ3n) is 6.75. The van der Waals surface area contributed by atoms with Crippen molar-refractivity contribution in [1.29, 1.82) is 0 Å². The molecule has 0 aromatic heterocycles. The largest absolute Gasteiger partial charge is 0.349 e. The average molecular weight is 401 g/mol. The lowest BCUT2D eigenvalue weighted by molar-refractivity contribution is -0.245. The Hall–Kier alpha value is -2.69. The lowest BCUT2D eigenvalue weighted by Crippen LogP contribution is -2.62. The molecular weight excluding hydrogens is 372 g/mol. The van der Waals surface area contributed by atoms with Gasteiger partial charge in [-0.1, -0.05) is 48.5 Å². The van der Waals surface area contributed by atoms with Crippen molar-refractivity contribution >= 4 is 38.2 Å². The fourth-order valence-electron chi connectivity index (χ4n) is 5.57. The zero-order valence-corrected chi connectivity index (χ0v) is 18.0. The molecule has 5 rings (SSSR count). The maximum absolute atomic E-state index is 13.4. The summed E-state index contributed by atoms with van der Waals surface area (Å²) >= 11 is 0. The number of hydroxylamine groups is 2. The molecule has 1 aliphatic rings. The van der Waals surface area contributed by atoms with Crippen molar-refractivity contribution < 1.29 is 10.0 Å². The molecule has 0 saturated carbocycles. The molecule has 4 aromatic rings. The summed E-state index contributed by atoms with van der Waals surface area (Å²) in [4.78, 5) is 13.4. The van der Waals surface area contributed by atoms with Crippen molar-refractivity contribution in [3.63, 3.8) is 0 Å². The summed E-state index contributed by atoms with van der Waals surface area (Å²) in [6, 6.07) is 18.8. The zero-order chi connectivity index (χ0) is 21.3. The van der Waals surface area contributed by atoms with Crippen molar-refractivity contribution in [3.8, 4) is 0 Å². The van der Waals surface area contributed by atoms with Gasteiger partial charge in [-0.25, -0.2) is 0 Å². The van der Waals surface area contributed by atoms with Crippen LogP contribution in [0.4, 0.5) is 0 Å². The Morgan fingerprint density at radius 3 is 2.03 bits per heavy atom. The topological polar surface area (TPSA) is 52.6 Å². The van der Waals surface area contributed by atoms with Crippen molar-refractivity contribution in [1.82, 2.24) is 10.4 Å². The van der Waals surface area contributed by atoms with Gasteiger partial charge >= 0.3 is 0 Å². The Morgan fingerprint density at radius 1 is 0.867 bits per heavy atom. The Balaban J connectivity index is 1.56. The van der Waals surface area contributed by atoms with Gasteiger partial charge in [-0.05, 0) is 78.9 Å². The van der Waals surface area contributed by atoms with Crippen molar-refractivity contribution in [2.45, 2.75) is 57.7 Å². The van der Waals surface area contributed by atoms with Gasteiger partial charge < -0.3 is 10.5 Å². The molecule has 30 heavy (non-hydrogen) atoms. The molecule has 0 atom stereocenters. The van der Waals surface area contributed by atoms with Gasteiger partial charge in [-0.3, -0.25) is 4.79 Å². The molecule has 1 amide bonds. The second-order valence-corrected chi connectivity index (χ2v) is 9.98. The summed E-state index contributed by atoms with van der Waals surface area (Å²) in [5.41, 5.74) is -0.0900. The molecule has 154 valence electrons. The highest BCUT2D eigenvalue weighted by molar-refractivity contribution is 6.26. The number of hydrogen-bond donors (Lipinski definition) is 2. The van der Waals surface area contributed by atoms with Crippen LogP contribution in [0, 0.1) is 0 Å². The molecular formula is C26H28N2O2. The quantitative estimate of drug-likeness (QED) is 0.423. The minimum absolute atomic E-state index is 0.00412. The van der Waals surface area contributed by atoms with Crippen molar-refractivity contribution in [3.05, 3.63) is 60.2 Å². The first-order valence-corrected chi connectivity index (χ1v) is 10.6. The number of rotatable bonds is 2. The number of amides is 1. The fourth-order valence-corrected chi connectivity index (χ4v) is 5.57. The fraction of sp³-hybridized carbons (Fsp3) is 0.346. The van der Waals surface area contributed by atoms with Gasteiger partial charge in [0.05, 0.1) is 0 Å². The first-order valence-electron chi connectivity index (χ1n) is 10.6. The maximum Gasteiger partial charge on any atom is 0.252 e. The third kappa shape index (κ3) is 2.86. The third-order valence-corrected chi connectivity index (χ3v) is 6.75. The van der Waals surface area contributed by atoms with Crippen LogP contribution in [-0.2, 0) is 0 Å². The van der Waals surface area contributed by atoms with Crippen LogP contribution in [0.25, 0.3) is 32.3 Å². The van der Waals surface area contributed by atoms with Gasteiger partial charge in [-0.15, -0.1) is 0 Å². The number of nitrogens with one attached hydrogen (secondary N) is 1. The number of benzene rings is 4. The van der Waals surface area contributed by atoms with Crippen LogP contribution in [0.2, 0.25) is 0 Å². The van der Waals surface area contributed by atoms with Gasteiger partial charge in [0.15, 0.2) is 0 Å². The molecule has 0 bridgehead atoms. The Labute approximate surface area is 176 Å². The number of hydrogen-bond acceptors (Lipinski definition) is 3. The molecule has 1 heterocycles. The molecule has 2 N–H and O–H groups in total. The van der Waals surface area contributed by atoms with Crippen LogP contribution in [0.1, 0.15) is 50.9 Å². The van der Waals surface area contributed by atoms with E-state index < -0.39 is 11.1 Å². The predicted octanol–water partition coefficient (Wildman–Crippen LogP) is 5.72. The summed E-state index contributed by atoms with van der Waals surface area (Å²) in [7, 11) is 0. The lowest BCUT2D eigenvalue weighted by Gasteiger charge is -2.51. The van der Waals surface area contributed by atoms with E-state index in [2.05, 4.69) is 47.8 Å². The molecule has 1 aliphatic heterocycles. The molecule has 4 heteroatoms. The first kappa shape index (κ1) is 19.3. The summed E-state index contributed by atoms with van der Waals surface area (Å²) in [6.45, 7) is 8.07. The molecule has 1 saturated heterocycles. The molecule has 0 spiro atoms. The van der Waals surface area contributed by atoms with E-state index in [1.54, 1.807) is 0 Å². The van der Waals surface area contributed by atoms with Crippen LogP contribution in [0.5, 0.6) is 0 Å². The van der Waals surface area contributed by atoms with Crippen LogP contribution >= 0.6 is 0 Å². The van der Waals surface area contributed by atoms with E-state index in [1.807, 2.05) is 39.8 Å². The summed E-state index contributed by atoms with van der Waals surface area (Å²) in [6.07, 6.45) is 1.40.